The highest BCUT2D eigenvalue weighted by atomic mass is 32.2. The highest BCUT2D eigenvalue weighted by molar-refractivity contribution is 8.18. The summed E-state index contributed by atoms with van der Waals surface area (Å²) < 4.78 is 5.29. The molecule has 0 aliphatic carbocycles. The van der Waals surface area contributed by atoms with Crippen LogP contribution in [0.3, 0.4) is 0 Å². The first-order valence-electron chi connectivity index (χ1n) is 9.02. The molecule has 1 aromatic heterocycles. The van der Waals surface area contributed by atoms with Gasteiger partial charge < -0.3 is 15.0 Å². The van der Waals surface area contributed by atoms with Crippen molar-refractivity contribution in [1.29, 1.82) is 0 Å². The Bertz CT molecular complexity index is 812. The van der Waals surface area contributed by atoms with Crippen molar-refractivity contribution in [3.63, 3.8) is 0 Å². The standard InChI is InChI=1S/C18H23N5O4S/c1-18(2,3)27-16(25)21-11-5-8-23(9-6-11)15-19-7-4-12(20-15)10-13-14(24)22-17(26)28-13/h4,7,10-11H,5-6,8-9H2,1-3H3,(H,21,25)(H,22,24,26). The van der Waals surface area contributed by atoms with Crippen LogP contribution < -0.4 is 15.5 Å². The molecule has 0 saturated carbocycles. The largest absolute Gasteiger partial charge is 0.444 e. The van der Waals surface area contributed by atoms with Gasteiger partial charge in [-0.15, -0.1) is 0 Å². The summed E-state index contributed by atoms with van der Waals surface area (Å²) in [6.07, 6.45) is 4.30. The second-order valence-corrected chi connectivity index (χ2v) is 8.56. The van der Waals surface area contributed by atoms with Gasteiger partial charge in [0.15, 0.2) is 0 Å². The van der Waals surface area contributed by atoms with E-state index < -0.39 is 17.6 Å². The van der Waals surface area contributed by atoms with Crippen LogP contribution in [0.25, 0.3) is 6.08 Å². The monoisotopic (exact) mass is 405 g/mol. The van der Waals surface area contributed by atoms with Gasteiger partial charge in [-0.2, -0.15) is 0 Å². The van der Waals surface area contributed by atoms with Gasteiger partial charge in [0.1, 0.15) is 5.60 Å². The molecule has 3 amide bonds. The molecule has 1 aromatic rings. The van der Waals surface area contributed by atoms with E-state index in [1.54, 1.807) is 18.3 Å². The van der Waals surface area contributed by atoms with Gasteiger partial charge >= 0.3 is 6.09 Å². The minimum absolute atomic E-state index is 0.0426. The number of anilines is 1. The number of alkyl carbamates (subject to hydrolysis) is 1. The van der Waals surface area contributed by atoms with Gasteiger partial charge in [-0.3, -0.25) is 14.9 Å². The Labute approximate surface area is 167 Å². The number of hydrogen-bond donors (Lipinski definition) is 2. The van der Waals surface area contributed by atoms with Crippen LogP contribution >= 0.6 is 11.8 Å². The Balaban J connectivity index is 1.58. The van der Waals surface area contributed by atoms with E-state index in [2.05, 4.69) is 20.6 Å². The first kappa shape index (κ1) is 20.1. The summed E-state index contributed by atoms with van der Waals surface area (Å²) >= 11 is 0.855. The Morgan fingerprint density at radius 1 is 1.36 bits per heavy atom. The summed E-state index contributed by atoms with van der Waals surface area (Å²) in [5.74, 6) is 0.143. The molecule has 150 valence electrons. The molecule has 0 unspecified atom stereocenters. The molecule has 3 rings (SSSR count). The summed E-state index contributed by atoms with van der Waals surface area (Å²) in [6.45, 7) is 6.87. The number of rotatable bonds is 3. The highest BCUT2D eigenvalue weighted by Crippen LogP contribution is 2.25. The van der Waals surface area contributed by atoms with Gasteiger partial charge in [-0.1, -0.05) is 0 Å². The second-order valence-electron chi connectivity index (χ2n) is 7.54. The molecule has 2 saturated heterocycles. The fraction of sp³-hybridized carbons (Fsp3) is 0.500. The van der Waals surface area contributed by atoms with Crippen LogP contribution in [0, 0.1) is 0 Å². The normalized spacial score (nSPS) is 19.7. The zero-order valence-corrected chi connectivity index (χ0v) is 16.8. The summed E-state index contributed by atoms with van der Waals surface area (Å²) in [4.78, 5) is 46.0. The molecule has 0 radical (unpaired) electrons. The topological polar surface area (TPSA) is 114 Å². The van der Waals surface area contributed by atoms with Crippen molar-refractivity contribution >= 4 is 41.0 Å². The van der Waals surface area contributed by atoms with Gasteiger partial charge in [0.25, 0.3) is 11.1 Å². The first-order valence-corrected chi connectivity index (χ1v) is 9.83. The number of piperidine rings is 1. The van der Waals surface area contributed by atoms with Crippen molar-refractivity contribution in [2.45, 2.75) is 45.3 Å². The molecule has 2 N–H and O–H groups in total. The van der Waals surface area contributed by atoms with Crippen LogP contribution in [-0.4, -0.2) is 51.9 Å². The number of carbonyl (C=O) groups excluding carboxylic acids is 3. The van der Waals surface area contributed by atoms with E-state index in [0.29, 0.717) is 29.6 Å². The molecular weight excluding hydrogens is 382 g/mol. The fourth-order valence-electron chi connectivity index (χ4n) is 2.85. The van der Waals surface area contributed by atoms with E-state index in [1.807, 2.05) is 25.7 Å². The van der Waals surface area contributed by atoms with Gasteiger partial charge in [0.2, 0.25) is 5.95 Å². The Morgan fingerprint density at radius 3 is 2.68 bits per heavy atom. The van der Waals surface area contributed by atoms with E-state index in [4.69, 9.17) is 4.74 Å². The summed E-state index contributed by atoms with van der Waals surface area (Å²) in [5.41, 5.74) is 0.0403. The third kappa shape index (κ3) is 5.44. The number of hydrogen-bond acceptors (Lipinski definition) is 8. The van der Waals surface area contributed by atoms with Crippen LogP contribution in [0.2, 0.25) is 0 Å². The summed E-state index contributed by atoms with van der Waals surface area (Å²) in [5, 5.41) is 4.73. The highest BCUT2D eigenvalue weighted by Gasteiger charge is 2.26. The van der Waals surface area contributed by atoms with E-state index >= 15 is 0 Å². The lowest BCUT2D eigenvalue weighted by atomic mass is 10.1. The lowest BCUT2D eigenvalue weighted by Gasteiger charge is -2.32. The van der Waals surface area contributed by atoms with Crippen molar-refractivity contribution in [2.24, 2.45) is 0 Å². The van der Waals surface area contributed by atoms with E-state index in [-0.39, 0.29) is 11.3 Å². The molecular formula is C18H23N5O4S. The third-order valence-electron chi connectivity index (χ3n) is 4.08. The molecule has 2 aliphatic rings. The molecule has 9 nitrogen and oxygen atoms in total. The predicted octanol–water partition coefficient (Wildman–Crippen LogP) is 2.29. The Hall–Kier alpha value is -2.62. The number of nitrogens with one attached hydrogen (secondary N) is 2. The van der Waals surface area contributed by atoms with Gasteiger partial charge in [-0.05, 0) is 57.5 Å². The van der Waals surface area contributed by atoms with Crippen molar-refractivity contribution in [2.75, 3.05) is 18.0 Å². The van der Waals surface area contributed by atoms with Crippen molar-refractivity contribution in [3.05, 3.63) is 22.9 Å². The average Bonchev–Trinajstić information content (AvgIpc) is 2.91. The number of carbonyl (C=O) groups is 3. The van der Waals surface area contributed by atoms with Gasteiger partial charge in [0, 0.05) is 25.3 Å². The number of amides is 3. The molecule has 0 atom stereocenters. The molecule has 10 heteroatoms. The van der Waals surface area contributed by atoms with Gasteiger partial charge in [0.05, 0.1) is 10.6 Å². The maximum absolute atomic E-state index is 11.9. The minimum Gasteiger partial charge on any atom is -0.444 e. The van der Waals surface area contributed by atoms with E-state index in [9.17, 15) is 14.4 Å². The molecule has 0 spiro atoms. The Morgan fingerprint density at radius 2 is 2.07 bits per heavy atom. The molecule has 0 aromatic carbocycles. The number of imide groups is 1. The SMILES string of the molecule is CC(C)(C)OC(=O)NC1CCN(c2nccc(C=C3SC(=O)NC3=O)n2)CC1. The molecule has 3 heterocycles. The smallest absolute Gasteiger partial charge is 0.407 e. The predicted molar refractivity (Wildman–Crippen MR) is 106 cm³/mol. The van der Waals surface area contributed by atoms with E-state index in [0.717, 1.165) is 24.6 Å². The lowest BCUT2D eigenvalue weighted by Crippen LogP contribution is -2.46. The quantitative estimate of drug-likeness (QED) is 0.737. The van der Waals surface area contributed by atoms with Crippen LogP contribution in [0.4, 0.5) is 15.5 Å². The first-order chi connectivity index (χ1) is 13.2. The Kier molecular flexibility index (Phi) is 5.87. The number of ether oxygens (including phenoxy) is 1. The van der Waals surface area contributed by atoms with Gasteiger partial charge in [-0.25, -0.2) is 14.8 Å². The van der Waals surface area contributed by atoms with Crippen molar-refractivity contribution < 1.29 is 19.1 Å². The van der Waals surface area contributed by atoms with E-state index in [1.165, 1.54) is 0 Å². The van der Waals surface area contributed by atoms with Crippen molar-refractivity contribution in [3.8, 4) is 0 Å². The van der Waals surface area contributed by atoms with Crippen molar-refractivity contribution in [1.82, 2.24) is 20.6 Å². The molecule has 0 bridgehead atoms. The maximum Gasteiger partial charge on any atom is 0.407 e. The number of thioether (sulfide) groups is 1. The zero-order chi connectivity index (χ0) is 20.3. The van der Waals surface area contributed by atoms with Crippen LogP contribution in [0.5, 0.6) is 0 Å². The fourth-order valence-corrected chi connectivity index (χ4v) is 3.51. The molecule has 2 fully saturated rings. The number of nitrogens with zero attached hydrogens (tertiary/aromatic N) is 3. The summed E-state index contributed by atoms with van der Waals surface area (Å²) in [6, 6.07) is 1.73. The van der Waals surface area contributed by atoms with Crippen LogP contribution in [0.15, 0.2) is 17.2 Å². The minimum atomic E-state index is -0.521. The maximum atomic E-state index is 11.9. The average molecular weight is 405 g/mol. The lowest BCUT2D eigenvalue weighted by molar-refractivity contribution is -0.115. The molecule has 28 heavy (non-hydrogen) atoms. The number of aromatic nitrogens is 2. The van der Waals surface area contributed by atoms with Crippen LogP contribution in [-0.2, 0) is 9.53 Å². The summed E-state index contributed by atoms with van der Waals surface area (Å²) in [7, 11) is 0. The molecule has 2 aliphatic heterocycles. The second kappa shape index (κ2) is 8.17. The third-order valence-corrected chi connectivity index (χ3v) is 4.89. The van der Waals surface area contributed by atoms with Crippen LogP contribution in [0.1, 0.15) is 39.3 Å². The zero-order valence-electron chi connectivity index (χ0n) is 16.0.